The third kappa shape index (κ3) is 5.33. The average molecular weight is 541 g/mol. The van der Waals surface area contributed by atoms with Gasteiger partial charge in [0.1, 0.15) is 11.6 Å². The van der Waals surface area contributed by atoms with Crippen LogP contribution in [0.2, 0.25) is 0 Å². The fraction of sp³-hybridized carbons (Fsp3) is 0.531. The molecule has 0 amide bonds. The fourth-order valence-corrected chi connectivity index (χ4v) is 7.49. The van der Waals surface area contributed by atoms with Crippen molar-refractivity contribution < 1.29 is 9.47 Å². The molecule has 4 unspecified atom stereocenters. The van der Waals surface area contributed by atoms with Crippen molar-refractivity contribution in [2.45, 2.75) is 57.3 Å². The zero-order valence-corrected chi connectivity index (χ0v) is 23.4. The SMILES string of the molecule is COc1cc(Nc2nccc(Nc3ccc4c(n3)CC3CC5CC4C5C3)n2)ccc1OCCCN1CCCCC1. The number of nitrogens with one attached hydrogen (secondary N) is 2. The number of hydrogen-bond donors (Lipinski definition) is 2. The van der Waals surface area contributed by atoms with Gasteiger partial charge in [-0.15, -0.1) is 0 Å². The minimum Gasteiger partial charge on any atom is -0.493 e. The first kappa shape index (κ1) is 25.6. The van der Waals surface area contributed by atoms with Crippen LogP contribution in [0.15, 0.2) is 42.6 Å². The topological polar surface area (TPSA) is 84.4 Å². The van der Waals surface area contributed by atoms with Crippen LogP contribution in [-0.2, 0) is 6.42 Å². The summed E-state index contributed by atoms with van der Waals surface area (Å²) in [5.41, 5.74) is 3.61. The van der Waals surface area contributed by atoms with Crippen LogP contribution in [0.3, 0.4) is 0 Å². The zero-order chi connectivity index (χ0) is 26.9. The predicted octanol–water partition coefficient (Wildman–Crippen LogP) is 6.31. The number of likely N-dealkylation sites (tertiary alicyclic amines) is 1. The number of hydrogen-bond acceptors (Lipinski definition) is 8. The van der Waals surface area contributed by atoms with Crippen molar-refractivity contribution in [1.82, 2.24) is 19.9 Å². The van der Waals surface area contributed by atoms with Crippen molar-refractivity contribution >= 4 is 23.3 Å². The van der Waals surface area contributed by atoms with E-state index >= 15 is 0 Å². The third-order valence-corrected chi connectivity index (χ3v) is 9.47. The van der Waals surface area contributed by atoms with Gasteiger partial charge in [-0.1, -0.05) is 12.5 Å². The van der Waals surface area contributed by atoms with Crippen LogP contribution >= 0.6 is 0 Å². The largest absolute Gasteiger partial charge is 0.493 e. The summed E-state index contributed by atoms with van der Waals surface area (Å²) in [7, 11) is 1.67. The number of anilines is 4. The number of rotatable bonds is 10. The number of aromatic nitrogens is 3. The summed E-state index contributed by atoms with van der Waals surface area (Å²) in [5, 5.41) is 6.71. The minimum absolute atomic E-state index is 0.509. The van der Waals surface area contributed by atoms with Crippen molar-refractivity contribution in [2.75, 3.05) is 44.0 Å². The van der Waals surface area contributed by atoms with Crippen molar-refractivity contribution in [2.24, 2.45) is 17.8 Å². The molecule has 2 saturated carbocycles. The summed E-state index contributed by atoms with van der Waals surface area (Å²) in [6, 6.07) is 12.1. The van der Waals surface area contributed by atoms with Crippen LogP contribution in [-0.4, -0.2) is 53.2 Å². The molecule has 7 rings (SSSR count). The van der Waals surface area contributed by atoms with E-state index in [1.807, 2.05) is 24.3 Å². The van der Waals surface area contributed by atoms with E-state index in [1.54, 1.807) is 13.3 Å². The van der Waals surface area contributed by atoms with Gasteiger partial charge in [0.25, 0.3) is 0 Å². The van der Waals surface area contributed by atoms with Gasteiger partial charge in [-0.2, -0.15) is 4.98 Å². The zero-order valence-electron chi connectivity index (χ0n) is 23.4. The van der Waals surface area contributed by atoms with Gasteiger partial charge in [0.05, 0.1) is 13.7 Å². The van der Waals surface area contributed by atoms with Gasteiger partial charge in [0, 0.05) is 30.2 Å². The molecule has 2 N–H and O–H groups in total. The predicted molar refractivity (Wildman–Crippen MR) is 157 cm³/mol. The van der Waals surface area contributed by atoms with E-state index in [0.717, 1.165) is 60.3 Å². The first-order valence-electron chi connectivity index (χ1n) is 15.1. The van der Waals surface area contributed by atoms with Crippen LogP contribution in [0.5, 0.6) is 11.5 Å². The van der Waals surface area contributed by atoms with E-state index in [4.69, 9.17) is 14.5 Å². The second-order valence-corrected chi connectivity index (χ2v) is 12.0. The van der Waals surface area contributed by atoms with Gasteiger partial charge >= 0.3 is 0 Å². The molecule has 210 valence electrons. The minimum atomic E-state index is 0.509. The van der Waals surface area contributed by atoms with Gasteiger partial charge in [-0.3, -0.25) is 0 Å². The Balaban J connectivity index is 0.972. The molecular formula is C32H40N6O2. The Morgan fingerprint density at radius 1 is 0.925 bits per heavy atom. The first-order chi connectivity index (χ1) is 19.7. The van der Waals surface area contributed by atoms with Gasteiger partial charge in [0.15, 0.2) is 11.5 Å². The summed E-state index contributed by atoms with van der Waals surface area (Å²) >= 11 is 0. The molecule has 4 aliphatic rings. The van der Waals surface area contributed by atoms with Crippen molar-refractivity contribution in [1.29, 1.82) is 0 Å². The quantitative estimate of drug-likeness (QED) is 0.290. The van der Waals surface area contributed by atoms with Crippen LogP contribution in [0.1, 0.15) is 62.1 Å². The summed E-state index contributed by atoms with van der Waals surface area (Å²) < 4.78 is 11.7. The Morgan fingerprint density at radius 2 is 1.82 bits per heavy atom. The normalized spacial score (nSPS) is 24.9. The average Bonchev–Trinajstić information content (AvgIpc) is 3.21. The maximum Gasteiger partial charge on any atom is 0.229 e. The number of ether oxygens (including phenoxy) is 2. The number of methoxy groups -OCH3 is 1. The lowest BCUT2D eigenvalue weighted by Gasteiger charge is -2.41. The number of fused-ring (bicyclic) bond motifs is 3. The molecule has 3 aromatic rings. The summed E-state index contributed by atoms with van der Waals surface area (Å²) in [5.74, 6) is 6.95. The highest BCUT2D eigenvalue weighted by Crippen LogP contribution is 2.60. The molecule has 3 aliphatic carbocycles. The highest BCUT2D eigenvalue weighted by atomic mass is 16.5. The molecule has 3 heterocycles. The molecule has 3 fully saturated rings. The van der Waals surface area contributed by atoms with E-state index in [1.165, 1.54) is 62.9 Å². The second-order valence-electron chi connectivity index (χ2n) is 12.0. The van der Waals surface area contributed by atoms with Gasteiger partial charge < -0.3 is 25.0 Å². The molecule has 1 saturated heterocycles. The van der Waals surface area contributed by atoms with Gasteiger partial charge in [-0.05, 0) is 112 Å². The molecule has 40 heavy (non-hydrogen) atoms. The van der Waals surface area contributed by atoms with Gasteiger partial charge in [0.2, 0.25) is 5.95 Å². The Hall–Kier alpha value is -3.39. The summed E-state index contributed by atoms with van der Waals surface area (Å²) in [6.07, 6.45) is 12.0. The van der Waals surface area contributed by atoms with Crippen LogP contribution in [0.25, 0.3) is 0 Å². The van der Waals surface area contributed by atoms with Crippen molar-refractivity contribution in [3.05, 3.63) is 53.9 Å². The number of pyridine rings is 1. The Morgan fingerprint density at radius 3 is 2.73 bits per heavy atom. The first-order valence-corrected chi connectivity index (χ1v) is 15.1. The Kier molecular flexibility index (Phi) is 7.18. The van der Waals surface area contributed by atoms with Crippen molar-refractivity contribution in [3.63, 3.8) is 0 Å². The Bertz CT molecular complexity index is 1340. The summed E-state index contributed by atoms with van der Waals surface area (Å²) in [6.45, 7) is 4.20. The monoisotopic (exact) mass is 540 g/mol. The van der Waals surface area contributed by atoms with Crippen LogP contribution in [0.4, 0.5) is 23.3 Å². The van der Waals surface area contributed by atoms with Crippen LogP contribution < -0.4 is 20.1 Å². The van der Waals surface area contributed by atoms with Gasteiger partial charge in [-0.25, -0.2) is 9.97 Å². The lowest BCUT2D eigenvalue weighted by Crippen LogP contribution is -2.31. The molecule has 0 radical (unpaired) electrons. The van der Waals surface area contributed by atoms with E-state index in [9.17, 15) is 0 Å². The highest BCUT2D eigenvalue weighted by molar-refractivity contribution is 5.61. The molecular weight excluding hydrogens is 500 g/mol. The van der Waals surface area contributed by atoms with E-state index in [-0.39, 0.29) is 0 Å². The number of nitrogens with zero attached hydrogens (tertiary/aromatic N) is 4. The van der Waals surface area contributed by atoms with E-state index in [2.05, 4.69) is 37.6 Å². The standard InChI is InChI=1S/C32H40N6O2/c1-39-29-20-23(6-8-28(29)40-15-5-14-38-12-3-2-4-13-38)34-32-33-11-10-31(37-32)36-30-9-7-24-26-19-22-16-21(17-25(22)26)18-27(24)35-30/h6-11,20-22,25-26H,2-5,12-19H2,1H3,(H2,33,34,35,36,37). The molecule has 8 heteroatoms. The molecule has 0 spiro atoms. The molecule has 2 aromatic heterocycles. The Labute approximate surface area is 236 Å². The van der Waals surface area contributed by atoms with Crippen LogP contribution in [0, 0.1) is 17.8 Å². The number of piperidine rings is 1. The fourth-order valence-electron chi connectivity index (χ4n) is 7.49. The molecule has 4 atom stereocenters. The molecule has 1 aliphatic heterocycles. The lowest BCUT2D eigenvalue weighted by molar-refractivity contribution is 0.168. The second kappa shape index (κ2) is 11.2. The van der Waals surface area contributed by atoms with Crippen molar-refractivity contribution in [3.8, 4) is 11.5 Å². The maximum absolute atomic E-state index is 6.05. The van der Waals surface area contributed by atoms with E-state index < -0.39 is 0 Å². The molecule has 1 aromatic carbocycles. The smallest absolute Gasteiger partial charge is 0.229 e. The van der Waals surface area contributed by atoms with E-state index in [0.29, 0.717) is 24.1 Å². The molecule has 8 nitrogen and oxygen atoms in total. The number of benzene rings is 1. The highest BCUT2D eigenvalue weighted by Gasteiger charge is 2.50. The molecule has 2 bridgehead atoms. The summed E-state index contributed by atoms with van der Waals surface area (Å²) in [4.78, 5) is 16.7. The maximum atomic E-state index is 6.05. The lowest BCUT2D eigenvalue weighted by atomic mass is 9.63. The third-order valence-electron chi connectivity index (χ3n) is 9.47.